The van der Waals surface area contributed by atoms with E-state index >= 15 is 0 Å². The second-order valence-electron chi connectivity index (χ2n) is 4.54. The van der Waals surface area contributed by atoms with E-state index < -0.39 is 29.9 Å². The maximum Gasteiger partial charge on any atom is 0.328 e. The minimum Gasteiger partial charge on any atom is -0.478 e. The van der Waals surface area contributed by atoms with Gasteiger partial charge in [0.2, 0.25) is 17.7 Å². The van der Waals surface area contributed by atoms with E-state index in [9.17, 15) is 19.2 Å². The first-order valence-electron chi connectivity index (χ1n) is 6.55. The summed E-state index contributed by atoms with van der Waals surface area (Å²) in [6.45, 7) is 3.37. The van der Waals surface area contributed by atoms with Gasteiger partial charge >= 0.3 is 5.97 Å². The van der Waals surface area contributed by atoms with Gasteiger partial charge in [0, 0.05) is 18.5 Å². The van der Waals surface area contributed by atoms with Crippen LogP contribution in [0.3, 0.4) is 0 Å². The maximum absolute atomic E-state index is 12.0. The SMILES string of the molecule is CCCC(=O)NC(CC(N)=O)C(=O)NC(C)/C=C/C(=O)O. The van der Waals surface area contributed by atoms with Gasteiger partial charge in [0.1, 0.15) is 6.04 Å². The molecular weight excluding hydrogens is 278 g/mol. The first-order valence-corrected chi connectivity index (χ1v) is 6.55. The fourth-order valence-corrected chi connectivity index (χ4v) is 1.50. The van der Waals surface area contributed by atoms with Gasteiger partial charge < -0.3 is 21.5 Å². The van der Waals surface area contributed by atoms with E-state index in [0.29, 0.717) is 6.42 Å². The molecule has 0 aliphatic heterocycles. The molecule has 8 nitrogen and oxygen atoms in total. The van der Waals surface area contributed by atoms with Crippen LogP contribution in [-0.2, 0) is 19.2 Å². The molecule has 0 aromatic heterocycles. The van der Waals surface area contributed by atoms with Gasteiger partial charge in [-0.2, -0.15) is 0 Å². The second-order valence-corrected chi connectivity index (χ2v) is 4.54. The Morgan fingerprint density at radius 3 is 2.33 bits per heavy atom. The largest absolute Gasteiger partial charge is 0.478 e. The maximum atomic E-state index is 12.0. The van der Waals surface area contributed by atoms with Crippen LogP contribution < -0.4 is 16.4 Å². The summed E-state index contributed by atoms with van der Waals surface area (Å²) < 4.78 is 0. The van der Waals surface area contributed by atoms with Crippen molar-refractivity contribution in [2.45, 2.75) is 45.2 Å². The summed E-state index contributed by atoms with van der Waals surface area (Å²) in [6.07, 6.45) is 2.68. The molecule has 0 saturated carbocycles. The van der Waals surface area contributed by atoms with E-state index in [0.717, 1.165) is 6.08 Å². The van der Waals surface area contributed by atoms with Crippen molar-refractivity contribution in [1.82, 2.24) is 10.6 Å². The molecule has 0 spiro atoms. The Labute approximate surface area is 122 Å². The highest BCUT2D eigenvalue weighted by molar-refractivity contribution is 5.91. The number of rotatable bonds is 9. The first kappa shape index (κ1) is 18.6. The quantitative estimate of drug-likeness (QED) is 0.417. The van der Waals surface area contributed by atoms with Crippen molar-refractivity contribution < 1.29 is 24.3 Å². The van der Waals surface area contributed by atoms with Crippen molar-refractivity contribution >= 4 is 23.7 Å². The van der Waals surface area contributed by atoms with Gasteiger partial charge in [0.15, 0.2) is 0 Å². The van der Waals surface area contributed by atoms with Crippen LogP contribution in [0.2, 0.25) is 0 Å². The summed E-state index contributed by atoms with van der Waals surface area (Å²) in [5.74, 6) is -2.81. The number of primary amides is 1. The molecule has 0 aromatic rings. The first-order chi connectivity index (χ1) is 9.76. The van der Waals surface area contributed by atoms with Crippen LogP contribution in [0, 0.1) is 0 Å². The monoisotopic (exact) mass is 299 g/mol. The van der Waals surface area contributed by atoms with E-state index in [1.807, 2.05) is 6.92 Å². The predicted molar refractivity (Wildman–Crippen MR) is 75.0 cm³/mol. The molecule has 0 aliphatic rings. The average Bonchev–Trinajstić information content (AvgIpc) is 2.35. The number of nitrogens with one attached hydrogen (secondary N) is 2. The lowest BCUT2D eigenvalue weighted by Gasteiger charge is -2.19. The molecule has 3 amide bonds. The van der Waals surface area contributed by atoms with E-state index in [4.69, 9.17) is 10.8 Å². The average molecular weight is 299 g/mol. The standard InChI is InChI=1S/C13H21N3O5/c1-3-4-11(18)16-9(7-10(14)17)13(21)15-8(2)5-6-12(19)20/h5-6,8-9H,3-4,7H2,1-2H3,(H2,14,17)(H,15,21)(H,16,18)(H,19,20)/b6-5+. The zero-order chi connectivity index (χ0) is 16.4. The predicted octanol–water partition coefficient (Wildman–Crippen LogP) is -0.708. The van der Waals surface area contributed by atoms with Crippen LogP contribution in [-0.4, -0.2) is 40.9 Å². The second kappa shape index (κ2) is 9.51. The molecule has 8 heteroatoms. The molecule has 5 N–H and O–H groups in total. The minimum absolute atomic E-state index is 0.233. The van der Waals surface area contributed by atoms with Crippen LogP contribution in [0.5, 0.6) is 0 Å². The number of carboxylic acid groups (broad SMARTS) is 1. The van der Waals surface area contributed by atoms with E-state index in [-0.39, 0.29) is 18.7 Å². The minimum atomic E-state index is -1.14. The summed E-state index contributed by atoms with van der Waals surface area (Å²) in [4.78, 5) is 44.8. The van der Waals surface area contributed by atoms with Crippen LogP contribution in [0.1, 0.15) is 33.1 Å². The Morgan fingerprint density at radius 1 is 1.24 bits per heavy atom. The van der Waals surface area contributed by atoms with E-state index in [2.05, 4.69) is 10.6 Å². The van der Waals surface area contributed by atoms with Gasteiger partial charge in [-0.15, -0.1) is 0 Å². The number of carbonyl (C=O) groups is 4. The molecule has 0 saturated heterocycles. The lowest BCUT2D eigenvalue weighted by molar-refractivity contribution is -0.131. The molecule has 118 valence electrons. The summed E-state index contributed by atoms with van der Waals surface area (Å²) in [5.41, 5.74) is 5.05. The molecule has 0 aromatic carbocycles. The van der Waals surface area contributed by atoms with Gasteiger partial charge in [-0.05, 0) is 13.3 Å². The lowest BCUT2D eigenvalue weighted by Crippen LogP contribution is -2.50. The molecule has 0 fully saturated rings. The molecule has 2 unspecified atom stereocenters. The molecule has 0 rings (SSSR count). The fourth-order valence-electron chi connectivity index (χ4n) is 1.50. The normalized spacial score (nSPS) is 13.4. The Bertz CT molecular complexity index is 434. The number of nitrogens with two attached hydrogens (primary N) is 1. The number of carbonyl (C=O) groups excluding carboxylic acids is 3. The highest BCUT2D eigenvalue weighted by Gasteiger charge is 2.23. The van der Waals surface area contributed by atoms with Gasteiger partial charge in [0.25, 0.3) is 0 Å². The molecular formula is C13H21N3O5. The topological polar surface area (TPSA) is 139 Å². The van der Waals surface area contributed by atoms with E-state index in [1.54, 1.807) is 6.92 Å². The third-order valence-corrected chi connectivity index (χ3v) is 2.43. The van der Waals surface area contributed by atoms with Crippen LogP contribution in [0.4, 0.5) is 0 Å². The van der Waals surface area contributed by atoms with Gasteiger partial charge in [-0.1, -0.05) is 13.0 Å². The van der Waals surface area contributed by atoms with Crippen LogP contribution >= 0.6 is 0 Å². The van der Waals surface area contributed by atoms with Crippen molar-refractivity contribution in [3.05, 3.63) is 12.2 Å². The van der Waals surface area contributed by atoms with Gasteiger partial charge in [-0.3, -0.25) is 14.4 Å². The van der Waals surface area contributed by atoms with Crippen molar-refractivity contribution in [2.24, 2.45) is 5.73 Å². The van der Waals surface area contributed by atoms with Crippen molar-refractivity contribution in [3.63, 3.8) is 0 Å². The molecule has 0 bridgehead atoms. The van der Waals surface area contributed by atoms with E-state index in [1.165, 1.54) is 6.08 Å². The molecule has 0 aliphatic carbocycles. The molecule has 21 heavy (non-hydrogen) atoms. The summed E-state index contributed by atoms with van der Waals surface area (Å²) in [7, 11) is 0. The number of hydrogen-bond donors (Lipinski definition) is 4. The number of aliphatic carboxylic acids is 1. The van der Waals surface area contributed by atoms with Crippen molar-refractivity contribution in [3.8, 4) is 0 Å². The number of hydrogen-bond acceptors (Lipinski definition) is 4. The zero-order valence-corrected chi connectivity index (χ0v) is 12.1. The van der Waals surface area contributed by atoms with Crippen molar-refractivity contribution in [2.75, 3.05) is 0 Å². The fraction of sp³-hybridized carbons (Fsp3) is 0.538. The smallest absolute Gasteiger partial charge is 0.328 e. The lowest BCUT2D eigenvalue weighted by atomic mass is 10.1. The molecule has 0 heterocycles. The Morgan fingerprint density at radius 2 is 1.86 bits per heavy atom. The molecule has 0 radical (unpaired) electrons. The third-order valence-electron chi connectivity index (χ3n) is 2.43. The van der Waals surface area contributed by atoms with Crippen molar-refractivity contribution in [1.29, 1.82) is 0 Å². The highest BCUT2D eigenvalue weighted by atomic mass is 16.4. The Balaban J connectivity index is 4.67. The van der Waals surface area contributed by atoms with Gasteiger partial charge in [-0.25, -0.2) is 4.79 Å². The van der Waals surface area contributed by atoms with Crippen LogP contribution in [0.15, 0.2) is 12.2 Å². The van der Waals surface area contributed by atoms with Gasteiger partial charge in [0.05, 0.1) is 6.42 Å². The summed E-state index contributed by atoms with van der Waals surface area (Å²) >= 11 is 0. The zero-order valence-electron chi connectivity index (χ0n) is 12.1. The third kappa shape index (κ3) is 9.20. The molecule has 2 atom stereocenters. The number of carboxylic acids is 1. The Kier molecular flexibility index (Phi) is 8.43. The number of amides is 3. The van der Waals surface area contributed by atoms with Crippen LogP contribution in [0.25, 0.3) is 0 Å². The summed E-state index contributed by atoms with van der Waals surface area (Å²) in [6, 6.07) is -1.63. The Hall–Kier alpha value is -2.38. The highest BCUT2D eigenvalue weighted by Crippen LogP contribution is 1.97. The summed E-state index contributed by atoms with van der Waals surface area (Å²) in [5, 5.41) is 13.4.